The summed E-state index contributed by atoms with van der Waals surface area (Å²) in [7, 11) is -2.79. The summed E-state index contributed by atoms with van der Waals surface area (Å²) >= 11 is 1.03. The molecule has 0 atom stereocenters. The molecule has 5 rings (SSSR count). The number of anilines is 1. The average Bonchev–Trinajstić information content (AvgIpc) is 3.57. The van der Waals surface area contributed by atoms with Gasteiger partial charge in [-0.15, -0.1) is 11.3 Å². The fourth-order valence-electron chi connectivity index (χ4n) is 4.57. The van der Waals surface area contributed by atoms with Crippen LogP contribution in [0.5, 0.6) is 0 Å². The lowest BCUT2D eigenvalue weighted by Crippen LogP contribution is -2.42. The number of fused-ring (bicyclic) bond motifs is 1. The molecule has 1 aromatic heterocycles. The minimum atomic E-state index is -4.03. The van der Waals surface area contributed by atoms with Crippen molar-refractivity contribution >= 4 is 38.9 Å². The van der Waals surface area contributed by atoms with Crippen molar-refractivity contribution in [3.8, 4) is 0 Å². The fourth-order valence-corrected chi connectivity index (χ4v) is 7.53. The number of nitrogens with zero attached hydrogens (tertiary/aromatic N) is 1. The smallest absolute Gasteiger partial charge is 0.340 e. The van der Waals surface area contributed by atoms with Crippen LogP contribution in [0, 0.1) is 0 Å². The molecule has 0 unspecified atom stereocenters. The molecule has 3 aromatic rings. The number of ether oxygens (including phenoxy) is 1. The summed E-state index contributed by atoms with van der Waals surface area (Å²) in [4.78, 5) is 28.7. The summed E-state index contributed by atoms with van der Waals surface area (Å²) in [5, 5.41) is 0. The first-order chi connectivity index (χ1) is 16.4. The van der Waals surface area contributed by atoms with E-state index in [1.165, 1.54) is 7.11 Å². The zero-order valence-electron chi connectivity index (χ0n) is 18.6. The zero-order valence-corrected chi connectivity index (χ0v) is 20.2. The highest BCUT2D eigenvalue weighted by Gasteiger charge is 2.53. The highest BCUT2D eigenvalue weighted by atomic mass is 32.2. The van der Waals surface area contributed by atoms with Crippen LogP contribution < -0.4 is 4.72 Å². The van der Waals surface area contributed by atoms with Gasteiger partial charge in [0.05, 0.1) is 24.6 Å². The number of hydrogen-bond donors (Lipinski definition) is 1. The molecule has 1 amide bonds. The lowest BCUT2D eigenvalue weighted by molar-refractivity contribution is -0.134. The molecule has 176 valence electrons. The molecule has 1 aliphatic carbocycles. The molecule has 34 heavy (non-hydrogen) atoms. The van der Waals surface area contributed by atoms with E-state index in [-0.39, 0.29) is 22.2 Å². The van der Waals surface area contributed by atoms with Gasteiger partial charge in [0.15, 0.2) is 4.21 Å². The SMILES string of the molecule is COC(=O)c1c(S(=O)(=O)Nc2ccccc2)sc2c1CCN(C(=O)C1(c3ccccc3)CC1)C2. The van der Waals surface area contributed by atoms with E-state index >= 15 is 0 Å². The maximum absolute atomic E-state index is 13.5. The van der Waals surface area contributed by atoms with Gasteiger partial charge in [-0.25, -0.2) is 13.2 Å². The number of amides is 1. The van der Waals surface area contributed by atoms with Crippen LogP contribution in [0.25, 0.3) is 0 Å². The first-order valence-electron chi connectivity index (χ1n) is 11.0. The number of hydrogen-bond acceptors (Lipinski definition) is 6. The minimum absolute atomic E-state index is 0.0594. The van der Waals surface area contributed by atoms with Gasteiger partial charge < -0.3 is 9.64 Å². The maximum Gasteiger partial charge on any atom is 0.340 e. The molecule has 1 fully saturated rings. The number of nitrogens with one attached hydrogen (secondary N) is 1. The summed E-state index contributed by atoms with van der Waals surface area (Å²) in [6.45, 7) is 0.699. The van der Waals surface area contributed by atoms with Gasteiger partial charge in [-0.1, -0.05) is 48.5 Å². The van der Waals surface area contributed by atoms with Gasteiger partial charge in [0.25, 0.3) is 10.0 Å². The van der Waals surface area contributed by atoms with Crippen molar-refractivity contribution in [1.29, 1.82) is 0 Å². The summed E-state index contributed by atoms with van der Waals surface area (Å²) < 4.78 is 33.9. The number of carbonyl (C=O) groups excluding carboxylic acids is 2. The molecule has 2 aliphatic rings. The van der Waals surface area contributed by atoms with Crippen LogP contribution in [0.1, 0.15) is 39.2 Å². The number of sulfonamides is 1. The second-order valence-corrected chi connectivity index (χ2v) is 11.5. The van der Waals surface area contributed by atoms with E-state index in [0.717, 1.165) is 29.7 Å². The van der Waals surface area contributed by atoms with Crippen LogP contribution in [0.4, 0.5) is 5.69 Å². The van der Waals surface area contributed by atoms with Crippen LogP contribution in [-0.2, 0) is 37.9 Å². The molecule has 0 radical (unpaired) electrons. The Balaban J connectivity index is 1.47. The largest absolute Gasteiger partial charge is 0.465 e. The highest BCUT2D eigenvalue weighted by Crippen LogP contribution is 2.50. The molecule has 2 aromatic carbocycles. The molecular formula is C25H24N2O5S2. The van der Waals surface area contributed by atoms with Crippen molar-refractivity contribution in [2.45, 2.75) is 35.4 Å². The number of carbonyl (C=O) groups is 2. The van der Waals surface area contributed by atoms with Crippen molar-refractivity contribution in [1.82, 2.24) is 4.90 Å². The van der Waals surface area contributed by atoms with Gasteiger partial charge in [-0.2, -0.15) is 0 Å². The molecule has 1 saturated carbocycles. The molecular weight excluding hydrogens is 472 g/mol. The van der Waals surface area contributed by atoms with Crippen molar-refractivity contribution in [3.63, 3.8) is 0 Å². The van der Waals surface area contributed by atoms with Gasteiger partial charge in [0.2, 0.25) is 5.91 Å². The lowest BCUT2D eigenvalue weighted by Gasteiger charge is -2.31. The van der Waals surface area contributed by atoms with Crippen LogP contribution >= 0.6 is 11.3 Å². The molecule has 0 saturated heterocycles. The Morgan fingerprint density at radius 2 is 1.68 bits per heavy atom. The van der Waals surface area contributed by atoms with Gasteiger partial charge in [-0.05, 0) is 42.5 Å². The number of rotatable bonds is 6. The Labute approximate surface area is 202 Å². The van der Waals surface area contributed by atoms with Crippen LogP contribution in [0.2, 0.25) is 0 Å². The third-order valence-electron chi connectivity index (χ3n) is 6.46. The fraction of sp³-hybridized carbons (Fsp3) is 0.280. The van der Waals surface area contributed by atoms with Crippen LogP contribution in [-0.4, -0.2) is 38.8 Å². The van der Waals surface area contributed by atoms with Crippen molar-refractivity contribution in [2.75, 3.05) is 18.4 Å². The van der Waals surface area contributed by atoms with Crippen molar-refractivity contribution in [3.05, 3.63) is 82.2 Å². The van der Waals surface area contributed by atoms with Gasteiger partial charge in [0.1, 0.15) is 0 Å². The molecule has 0 spiro atoms. The summed E-state index contributed by atoms with van der Waals surface area (Å²) in [5.41, 5.74) is 1.65. The van der Waals surface area contributed by atoms with E-state index in [9.17, 15) is 18.0 Å². The monoisotopic (exact) mass is 496 g/mol. The Morgan fingerprint density at radius 1 is 1.03 bits per heavy atom. The van der Waals surface area contributed by atoms with Crippen molar-refractivity contribution < 1.29 is 22.7 Å². The lowest BCUT2D eigenvalue weighted by atomic mass is 9.93. The Hall–Kier alpha value is -3.17. The molecule has 1 N–H and O–H groups in total. The Kier molecular flexibility index (Phi) is 5.69. The normalized spacial score (nSPS) is 16.4. The first kappa shape index (κ1) is 22.6. The molecule has 1 aliphatic heterocycles. The zero-order chi connectivity index (χ0) is 23.9. The number of thiophene rings is 1. The third kappa shape index (κ3) is 3.88. The summed E-state index contributed by atoms with van der Waals surface area (Å²) in [5.74, 6) is -0.627. The predicted octanol–water partition coefficient (Wildman–Crippen LogP) is 3.95. The third-order valence-corrected chi connectivity index (χ3v) is 9.57. The highest BCUT2D eigenvalue weighted by molar-refractivity contribution is 7.94. The van der Waals surface area contributed by atoms with E-state index < -0.39 is 21.4 Å². The predicted molar refractivity (Wildman–Crippen MR) is 129 cm³/mol. The van der Waals surface area contributed by atoms with Gasteiger partial charge in [-0.3, -0.25) is 9.52 Å². The topological polar surface area (TPSA) is 92.8 Å². The molecule has 7 nitrogen and oxygen atoms in total. The molecule has 0 bridgehead atoms. The van der Waals surface area contributed by atoms with Crippen molar-refractivity contribution in [2.24, 2.45) is 0 Å². The average molecular weight is 497 g/mol. The van der Waals surface area contributed by atoms with Gasteiger partial charge >= 0.3 is 5.97 Å². The molecule has 2 heterocycles. The minimum Gasteiger partial charge on any atom is -0.465 e. The van der Waals surface area contributed by atoms with E-state index in [1.807, 2.05) is 30.3 Å². The quantitative estimate of drug-likeness (QED) is 0.522. The standard InChI is InChI=1S/C25H24N2O5S2/c1-32-22(28)21-19-12-15-27(24(29)25(13-14-25)17-8-4-2-5-9-17)16-20(19)33-23(21)34(30,31)26-18-10-6-3-7-11-18/h2-11,26H,12-16H2,1H3. The second-order valence-electron chi connectivity index (χ2n) is 8.55. The Morgan fingerprint density at radius 3 is 2.29 bits per heavy atom. The number of para-hydroxylation sites is 1. The van der Waals surface area contributed by atoms with E-state index in [2.05, 4.69) is 4.72 Å². The van der Waals surface area contributed by atoms with E-state index in [0.29, 0.717) is 29.1 Å². The van der Waals surface area contributed by atoms with Gasteiger partial charge in [0, 0.05) is 17.1 Å². The Bertz CT molecular complexity index is 1350. The number of esters is 1. The van der Waals surface area contributed by atoms with E-state index in [1.54, 1.807) is 35.2 Å². The summed E-state index contributed by atoms with van der Waals surface area (Å²) in [6, 6.07) is 18.3. The van der Waals surface area contributed by atoms with Crippen LogP contribution in [0.3, 0.4) is 0 Å². The van der Waals surface area contributed by atoms with Crippen LogP contribution in [0.15, 0.2) is 64.9 Å². The maximum atomic E-state index is 13.5. The number of methoxy groups -OCH3 is 1. The first-order valence-corrected chi connectivity index (χ1v) is 13.3. The van der Waals surface area contributed by atoms with E-state index in [4.69, 9.17) is 4.74 Å². The summed E-state index contributed by atoms with van der Waals surface area (Å²) in [6.07, 6.45) is 2.00. The second kappa shape index (κ2) is 8.56. The number of benzene rings is 2. The molecule has 9 heteroatoms.